The van der Waals surface area contributed by atoms with E-state index in [0.29, 0.717) is 5.95 Å². The van der Waals surface area contributed by atoms with Crippen LogP contribution in [0.15, 0.2) is 43.0 Å². The number of nitrogens with zero attached hydrogens (tertiary/aromatic N) is 5. The molecule has 0 aliphatic rings. The number of nitrogens with one attached hydrogen (secondary N) is 1. The molecule has 0 spiro atoms. The van der Waals surface area contributed by atoms with Crippen molar-refractivity contribution in [1.82, 2.24) is 24.7 Å². The standard InChI is InChI=1S/C16H18N6/c1-11-7-12(2)20-16(19-11)21-13(3)14-5-4-6-15(8-14)22-10-17-9-18-22/h4-10,13H,1-3H3,(H,19,20,21)/t13-/m1/s1. The second-order valence-electron chi connectivity index (χ2n) is 5.28. The van der Waals surface area contributed by atoms with Crippen molar-refractivity contribution in [2.75, 3.05) is 5.32 Å². The van der Waals surface area contributed by atoms with Crippen molar-refractivity contribution in [2.24, 2.45) is 0 Å². The van der Waals surface area contributed by atoms with Gasteiger partial charge in [-0.2, -0.15) is 5.10 Å². The molecule has 2 aromatic heterocycles. The fourth-order valence-corrected chi connectivity index (χ4v) is 2.35. The molecule has 0 unspecified atom stereocenters. The molecule has 0 aliphatic heterocycles. The van der Waals surface area contributed by atoms with Gasteiger partial charge >= 0.3 is 0 Å². The first-order chi connectivity index (χ1) is 10.6. The molecule has 2 heterocycles. The maximum absolute atomic E-state index is 4.42. The molecular formula is C16H18N6. The molecule has 1 N–H and O–H groups in total. The second kappa shape index (κ2) is 5.93. The quantitative estimate of drug-likeness (QED) is 0.801. The first kappa shape index (κ1) is 14.2. The van der Waals surface area contributed by atoms with Crippen molar-refractivity contribution in [2.45, 2.75) is 26.8 Å². The number of rotatable bonds is 4. The molecule has 0 bridgehead atoms. The number of hydrogen-bond donors (Lipinski definition) is 1. The van der Waals surface area contributed by atoms with Gasteiger partial charge in [0.1, 0.15) is 12.7 Å². The Morgan fingerprint density at radius 2 is 1.86 bits per heavy atom. The van der Waals surface area contributed by atoms with Gasteiger partial charge in [0.05, 0.1) is 11.7 Å². The van der Waals surface area contributed by atoms with Crippen molar-refractivity contribution in [1.29, 1.82) is 0 Å². The Morgan fingerprint density at radius 3 is 2.55 bits per heavy atom. The summed E-state index contributed by atoms with van der Waals surface area (Å²) >= 11 is 0. The molecule has 3 aromatic rings. The van der Waals surface area contributed by atoms with Crippen molar-refractivity contribution < 1.29 is 0 Å². The minimum absolute atomic E-state index is 0.0877. The van der Waals surface area contributed by atoms with Crippen LogP contribution in [0.3, 0.4) is 0 Å². The van der Waals surface area contributed by atoms with E-state index in [9.17, 15) is 0 Å². The predicted molar refractivity (Wildman–Crippen MR) is 84.9 cm³/mol. The van der Waals surface area contributed by atoms with Crippen molar-refractivity contribution in [3.63, 3.8) is 0 Å². The Balaban J connectivity index is 1.83. The minimum Gasteiger partial charge on any atom is -0.348 e. The van der Waals surface area contributed by atoms with Gasteiger partial charge in [0, 0.05) is 11.4 Å². The van der Waals surface area contributed by atoms with E-state index in [1.54, 1.807) is 11.0 Å². The fourth-order valence-electron chi connectivity index (χ4n) is 2.35. The van der Waals surface area contributed by atoms with E-state index < -0.39 is 0 Å². The van der Waals surface area contributed by atoms with Crippen LogP contribution < -0.4 is 5.32 Å². The molecule has 0 amide bonds. The molecule has 1 atom stereocenters. The summed E-state index contributed by atoms with van der Waals surface area (Å²) in [6, 6.07) is 10.2. The molecule has 0 radical (unpaired) electrons. The van der Waals surface area contributed by atoms with Crippen LogP contribution >= 0.6 is 0 Å². The molecule has 0 aliphatic carbocycles. The number of aromatic nitrogens is 5. The van der Waals surface area contributed by atoms with Crippen molar-refractivity contribution in [3.05, 3.63) is 59.9 Å². The van der Waals surface area contributed by atoms with Gasteiger partial charge in [-0.15, -0.1) is 0 Å². The van der Waals surface area contributed by atoms with Crippen LogP contribution in [-0.2, 0) is 0 Å². The van der Waals surface area contributed by atoms with E-state index in [1.165, 1.54) is 6.33 Å². The average molecular weight is 294 g/mol. The Kier molecular flexibility index (Phi) is 3.82. The van der Waals surface area contributed by atoms with Crippen molar-refractivity contribution >= 4 is 5.95 Å². The molecule has 6 nitrogen and oxygen atoms in total. The summed E-state index contributed by atoms with van der Waals surface area (Å²) in [5, 5.41) is 7.50. The highest BCUT2D eigenvalue weighted by molar-refractivity contribution is 5.39. The van der Waals surface area contributed by atoms with E-state index >= 15 is 0 Å². The summed E-state index contributed by atoms with van der Waals surface area (Å²) in [7, 11) is 0. The molecule has 112 valence electrons. The van der Waals surface area contributed by atoms with E-state index in [1.807, 2.05) is 32.0 Å². The van der Waals surface area contributed by atoms with E-state index in [-0.39, 0.29) is 6.04 Å². The zero-order chi connectivity index (χ0) is 15.5. The van der Waals surface area contributed by atoms with Gasteiger partial charge in [-0.3, -0.25) is 0 Å². The SMILES string of the molecule is Cc1cc(C)nc(N[C@H](C)c2cccc(-n3cncn3)c2)n1. The highest BCUT2D eigenvalue weighted by atomic mass is 15.3. The molecule has 6 heteroatoms. The first-order valence-electron chi connectivity index (χ1n) is 7.15. The summed E-state index contributed by atoms with van der Waals surface area (Å²) in [5.74, 6) is 0.649. The van der Waals surface area contributed by atoms with Crippen molar-refractivity contribution in [3.8, 4) is 5.69 Å². The van der Waals surface area contributed by atoms with Crippen LogP contribution in [0, 0.1) is 13.8 Å². The highest BCUT2D eigenvalue weighted by Gasteiger charge is 2.09. The van der Waals surface area contributed by atoms with Gasteiger partial charge in [0.25, 0.3) is 0 Å². The summed E-state index contributed by atoms with van der Waals surface area (Å²) in [6.07, 6.45) is 3.21. The Bertz CT molecular complexity index is 746. The largest absolute Gasteiger partial charge is 0.348 e. The van der Waals surface area contributed by atoms with Crippen LogP contribution in [0.4, 0.5) is 5.95 Å². The average Bonchev–Trinajstić information content (AvgIpc) is 3.00. The second-order valence-corrected chi connectivity index (χ2v) is 5.28. The Labute approximate surface area is 129 Å². The number of hydrogen-bond acceptors (Lipinski definition) is 5. The zero-order valence-electron chi connectivity index (χ0n) is 12.9. The maximum Gasteiger partial charge on any atom is 0.223 e. The van der Waals surface area contributed by atoms with Crippen LogP contribution in [0.5, 0.6) is 0 Å². The zero-order valence-corrected chi connectivity index (χ0v) is 12.9. The monoisotopic (exact) mass is 294 g/mol. The third-order valence-electron chi connectivity index (χ3n) is 3.38. The number of aryl methyl sites for hydroxylation is 2. The van der Waals surface area contributed by atoms with Crippen LogP contribution in [-0.4, -0.2) is 24.7 Å². The van der Waals surface area contributed by atoms with E-state index in [0.717, 1.165) is 22.6 Å². The molecule has 0 fully saturated rings. The molecular weight excluding hydrogens is 276 g/mol. The Morgan fingerprint density at radius 1 is 1.09 bits per heavy atom. The number of benzene rings is 1. The number of anilines is 1. The molecule has 0 saturated heterocycles. The van der Waals surface area contributed by atoms with Gasteiger partial charge in [0.15, 0.2) is 0 Å². The molecule has 3 rings (SSSR count). The minimum atomic E-state index is 0.0877. The summed E-state index contributed by atoms with van der Waals surface area (Å²) in [6.45, 7) is 6.02. The lowest BCUT2D eigenvalue weighted by Gasteiger charge is -2.16. The first-order valence-corrected chi connectivity index (χ1v) is 7.15. The van der Waals surface area contributed by atoms with Crippen LogP contribution in [0.25, 0.3) is 5.69 Å². The third-order valence-corrected chi connectivity index (χ3v) is 3.38. The van der Waals surface area contributed by atoms with Gasteiger partial charge in [-0.25, -0.2) is 19.6 Å². The third kappa shape index (κ3) is 3.11. The lowest BCUT2D eigenvalue weighted by Crippen LogP contribution is -2.11. The van der Waals surface area contributed by atoms with Gasteiger partial charge < -0.3 is 5.32 Å². The summed E-state index contributed by atoms with van der Waals surface area (Å²) < 4.78 is 1.74. The molecule has 22 heavy (non-hydrogen) atoms. The van der Waals surface area contributed by atoms with E-state index in [2.05, 4.69) is 44.4 Å². The topological polar surface area (TPSA) is 68.5 Å². The normalized spacial score (nSPS) is 12.1. The van der Waals surface area contributed by atoms with E-state index in [4.69, 9.17) is 0 Å². The highest BCUT2D eigenvalue weighted by Crippen LogP contribution is 2.19. The van der Waals surface area contributed by atoms with Gasteiger partial charge in [-0.1, -0.05) is 12.1 Å². The lowest BCUT2D eigenvalue weighted by molar-refractivity contribution is 0.837. The van der Waals surface area contributed by atoms with Crippen LogP contribution in [0.2, 0.25) is 0 Å². The van der Waals surface area contributed by atoms with Crippen LogP contribution in [0.1, 0.15) is 29.9 Å². The maximum atomic E-state index is 4.42. The molecule has 0 saturated carbocycles. The summed E-state index contributed by atoms with van der Waals surface area (Å²) in [5.41, 5.74) is 4.03. The summed E-state index contributed by atoms with van der Waals surface area (Å²) in [4.78, 5) is 12.8. The predicted octanol–water partition coefficient (Wildman–Crippen LogP) is 2.85. The van der Waals surface area contributed by atoms with Gasteiger partial charge in [-0.05, 0) is 44.5 Å². The lowest BCUT2D eigenvalue weighted by atomic mass is 10.1. The fraction of sp³-hybridized carbons (Fsp3) is 0.250. The Hall–Kier alpha value is -2.76. The van der Waals surface area contributed by atoms with Gasteiger partial charge in [0.2, 0.25) is 5.95 Å². The smallest absolute Gasteiger partial charge is 0.223 e. The molecule has 1 aromatic carbocycles.